The fourth-order valence-electron chi connectivity index (χ4n) is 4.03. The fourth-order valence-corrected chi connectivity index (χ4v) is 4.03. The van der Waals surface area contributed by atoms with Crippen LogP contribution in [0.3, 0.4) is 0 Å². The Morgan fingerprint density at radius 3 is 2.41 bits per heavy atom. The maximum Gasteiger partial charge on any atom is 0.410 e. The molecule has 3 rings (SSSR count). The van der Waals surface area contributed by atoms with Crippen molar-refractivity contribution in [3.63, 3.8) is 0 Å². The maximum absolute atomic E-state index is 12.3. The maximum atomic E-state index is 12.3. The Morgan fingerprint density at radius 2 is 1.79 bits per heavy atom. The highest BCUT2D eigenvalue weighted by molar-refractivity contribution is 5.68. The van der Waals surface area contributed by atoms with Gasteiger partial charge in [-0.2, -0.15) is 0 Å². The molecule has 0 bridgehead atoms. The minimum atomic E-state index is -0.468. The van der Waals surface area contributed by atoms with Crippen molar-refractivity contribution in [2.24, 2.45) is 0 Å². The van der Waals surface area contributed by atoms with Crippen molar-refractivity contribution < 1.29 is 14.3 Å². The third kappa shape index (κ3) is 6.29. The second-order valence-corrected chi connectivity index (χ2v) is 9.14. The van der Waals surface area contributed by atoms with Crippen molar-refractivity contribution in [1.82, 2.24) is 19.8 Å². The van der Waals surface area contributed by atoms with Gasteiger partial charge in [-0.1, -0.05) is 6.92 Å². The first kappa shape index (κ1) is 21.8. The Morgan fingerprint density at radius 1 is 1.14 bits per heavy atom. The molecule has 2 fully saturated rings. The third-order valence-corrected chi connectivity index (χ3v) is 5.62. The minimum absolute atomic E-state index is 0.130. The third-order valence-electron chi connectivity index (χ3n) is 5.62. The SMILES string of the molecule is CCC(CN1CCCC1)Oc1nccnc1C1CCN(C(=O)OC(C)(C)C)CC1. The van der Waals surface area contributed by atoms with Gasteiger partial charge in [0.1, 0.15) is 17.4 Å². The Bertz CT molecular complexity index is 662. The van der Waals surface area contributed by atoms with Crippen LogP contribution >= 0.6 is 0 Å². The molecular weight excluding hydrogens is 368 g/mol. The summed E-state index contributed by atoms with van der Waals surface area (Å²) in [4.78, 5) is 25.7. The van der Waals surface area contributed by atoms with Gasteiger partial charge in [0.15, 0.2) is 0 Å². The van der Waals surface area contributed by atoms with Crippen molar-refractivity contribution in [3.8, 4) is 5.88 Å². The first-order valence-electron chi connectivity index (χ1n) is 11.0. The Kier molecular flexibility index (Phi) is 7.33. The second-order valence-electron chi connectivity index (χ2n) is 9.14. The van der Waals surface area contributed by atoms with Crippen molar-refractivity contribution in [1.29, 1.82) is 0 Å². The molecule has 7 nitrogen and oxygen atoms in total. The molecule has 0 saturated carbocycles. The molecule has 2 saturated heterocycles. The molecule has 1 atom stereocenters. The van der Waals surface area contributed by atoms with Gasteiger partial charge in [0.25, 0.3) is 0 Å². The summed E-state index contributed by atoms with van der Waals surface area (Å²) in [6.07, 6.45) is 8.54. The summed E-state index contributed by atoms with van der Waals surface area (Å²) in [7, 11) is 0. The molecule has 0 aliphatic carbocycles. The monoisotopic (exact) mass is 404 g/mol. The molecule has 0 radical (unpaired) electrons. The number of hydrogen-bond donors (Lipinski definition) is 0. The molecule has 2 aliphatic rings. The molecule has 3 heterocycles. The van der Waals surface area contributed by atoms with E-state index in [1.165, 1.54) is 12.8 Å². The molecule has 1 aromatic rings. The predicted molar refractivity (Wildman–Crippen MR) is 112 cm³/mol. The van der Waals surface area contributed by atoms with Crippen LogP contribution in [0.15, 0.2) is 12.4 Å². The predicted octanol–water partition coefficient (Wildman–Crippen LogP) is 3.84. The number of hydrogen-bond acceptors (Lipinski definition) is 6. The highest BCUT2D eigenvalue weighted by Gasteiger charge is 2.30. The van der Waals surface area contributed by atoms with Gasteiger partial charge in [-0.15, -0.1) is 0 Å². The minimum Gasteiger partial charge on any atom is -0.472 e. The van der Waals surface area contributed by atoms with E-state index >= 15 is 0 Å². The van der Waals surface area contributed by atoms with E-state index < -0.39 is 5.60 Å². The molecule has 2 aliphatic heterocycles. The highest BCUT2D eigenvalue weighted by atomic mass is 16.6. The molecular formula is C22H36N4O3. The zero-order valence-electron chi connectivity index (χ0n) is 18.4. The smallest absolute Gasteiger partial charge is 0.410 e. The average Bonchev–Trinajstić information content (AvgIpc) is 3.20. The van der Waals surface area contributed by atoms with Crippen LogP contribution in [-0.4, -0.2) is 70.3 Å². The van der Waals surface area contributed by atoms with Crippen LogP contribution in [0.25, 0.3) is 0 Å². The van der Waals surface area contributed by atoms with Crippen molar-refractivity contribution >= 4 is 6.09 Å². The lowest BCUT2D eigenvalue weighted by Crippen LogP contribution is -2.41. The van der Waals surface area contributed by atoms with E-state index in [1.54, 1.807) is 17.3 Å². The van der Waals surface area contributed by atoms with Gasteiger partial charge in [0.2, 0.25) is 5.88 Å². The lowest BCUT2D eigenvalue weighted by atomic mass is 9.93. The van der Waals surface area contributed by atoms with E-state index in [9.17, 15) is 4.79 Å². The lowest BCUT2D eigenvalue weighted by Gasteiger charge is -2.33. The number of carbonyl (C=O) groups excluding carboxylic acids is 1. The zero-order valence-corrected chi connectivity index (χ0v) is 18.4. The zero-order chi connectivity index (χ0) is 20.9. The topological polar surface area (TPSA) is 67.8 Å². The van der Waals surface area contributed by atoms with E-state index in [0.29, 0.717) is 19.0 Å². The number of aromatic nitrogens is 2. The molecule has 1 amide bonds. The van der Waals surface area contributed by atoms with Crippen LogP contribution in [0.2, 0.25) is 0 Å². The Balaban J connectivity index is 1.59. The van der Waals surface area contributed by atoms with Gasteiger partial charge in [0, 0.05) is 37.9 Å². The summed E-state index contributed by atoms with van der Waals surface area (Å²) in [5, 5.41) is 0. The van der Waals surface area contributed by atoms with Gasteiger partial charge in [-0.3, -0.25) is 9.88 Å². The second kappa shape index (κ2) is 9.74. The van der Waals surface area contributed by atoms with E-state index in [4.69, 9.17) is 9.47 Å². The normalized spacial score (nSPS) is 19.9. The standard InChI is InChI=1S/C22H36N4O3/c1-5-18(16-25-12-6-7-13-25)28-20-19(23-10-11-24-20)17-8-14-26(15-9-17)21(27)29-22(2,3)4/h10-11,17-18H,5-9,12-16H2,1-4H3. The van der Waals surface area contributed by atoms with Crippen LogP contribution in [0, 0.1) is 0 Å². The summed E-state index contributed by atoms with van der Waals surface area (Å²) in [5.41, 5.74) is 0.459. The average molecular weight is 405 g/mol. The molecule has 162 valence electrons. The molecule has 0 spiro atoms. The van der Waals surface area contributed by atoms with Crippen LogP contribution in [-0.2, 0) is 4.74 Å². The van der Waals surface area contributed by atoms with Crippen molar-refractivity contribution in [3.05, 3.63) is 18.1 Å². The summed E-state index contributed by atoms with van der Waals surface area (Å²) >= 11 is 0. The van der Waals surface area contributed by atoms with E-state index in [0.717, 1.165) is 44.6 Å². The molecule has 1 unspecified atom stereocenters. The number of ether oxygens (including phenoxy) is 2. The molecule has 0 N–H and O–H groups in total. The summed E-state index contributed by atoms with van der Waals surface area (Å²) in [6.45, 7) is 12.5. The molecule has 1 aromatic heterocycles. The summed E-state index contributed by atoms with van der Waals surface area (Å²) < 4.78 is 11.8. The van der Waals surface area contributed by atoms with E-state index in [-0.39, 0.29) is 18.1 Å². The number of likely N-dealkylation sites (tertiary alicyclic amines) is 2. The molecule has 29 heavy (non-hydrogen) atoms. The van der Waals surface area contributed by atoms with Crippen LogP contribution in [0.5, 0.6) is 5.88 Å². The van der Waals surface area contributed by atoms with Gasteiger partial charge in [0.05, 0.1) is 0 Å². The van der Waals surface area contributed by atoms with E-state index in [1.807, 2.05) is 20.8 Å². The van der Waals surface area contributed by atoms with Crippen LogP contribution < -0.4 is 4.74 Å². The van der Waals surface area contributed by atoms with Crippen molar-refractivity contribution in [2.45, 2.75) is 77.4 Å². The van der Waals surface area contributed by atoms with Crippen LogP contribution in [0.1, 0.15) is 71.4 Å². The number of rotatable bonds is 6. The van der Waals surface area contributed by atoms with Gasteiger partial charge < -0.3 is 14.4 Å². The summed E-state index contributed by atoms with van der Waals surface area (Å²) in [5.74, 6) is 0.913. The first-order chi connectivity index (χ1) is 13.9. The lowest BCUT2D eigenvalue weighted by molar-refractivity contribution is 0.0203. The first-order valence-corrected chi connectivity index (χ1v) is 11.0. The molecule has 7 heteroatoms. The van der Waals surface area contributed by atoms with Gasteiger partial charge >= 0.3 is 6.09 Å². The van der Waals surface area contributed by atoms with Crippen molar-refractivity contribution in [2.75, 3.05) is 32.7 Å². The Hall–Kier alpha value is -1.89. The number of piperidine rings is 1. The summed E-state index contributed by atoms with van der Waals surface area (Å²) in [6, 6.07) is 0. The fraction of sp³-hybridized carbons (Fsp3) is 0.773. The Labute approximate surface area is 174 Å². The van der Waals surface area contributed by atoms with Gasteiger partial charge in [-0.25, -0.2) is 9.78 Å². The highest BCUT2D eigenvalue weighted by Crippen LogP contribution is 2.32. The largest absolute Gasteiger partial charge is 0.472 e. The number of carbonyl (C=O) groups is 1. The van der Waals surface area contributed by atoms with Crippen LogP contribution in [0.4, 0.5) is 4.79 Å². The van der Waals surface area contributed by atoms with E-state index in [2.05, 4.69) is 21.8 Å². The number of amides is 1. The molecule has 0 aromatic carbocycles. The quantitative estimate of drug-likeness (QED) is 0.717. The van der Waals surface area contributed by atoms with Gasteiger partial charge in [-0.05, 0) is 66.0 Å². The number of nitrogens with zero attached hydrogens (tertiary/aromatic N) is 4.